The molecule has 0 bridgehead atoms. The molecule has 0 aliphatic heterocycles. The molecule has 0 saturated carbocycles. The molecule has 2 aromatic heterocycles. The van der Waals surface area contributed by atoms with Gasteiger partial charge in [0, 0.05) is 40.9 Å². The van der Waals surface area contributed by atoms with E-state index in [4.69, 9.17) is 16.4 Å². The molecule has 0 aliphatic rings. The van der Waals surface area contributed by atoms with Crippen molar-refractivity contribution >= 4 is 40.2 Å². The van der Waals surface area contributed by atoms with Gasteiger partial charge in [-0.15, -0.1) is 4.73 Å². The predicted molar refractivity (Wildman–Crippen MR) is 143 cm³/mol. The third-order valence-electron chi connectivity index (χ3n) is 5.78. The van der Waals surface area contributed by atoms with Gasteiger partial charge in [0.15, 0.2) is 5.65 Å². The van der Waals surface area contributed by atoms with Crippen molar-refractivity contribution in [1.29, 1.82) is 0 Å². The molecule has 0 unspecified atom stereocenters. The summed E-state index contributed by atoms with van der Waals surface area (Å²) in [6, 6.07) is 7.11. The summed E-state index contributed by atoms with van der Waals surface area (Å²) in [5.74, 6) is -1.96. The molecule has 2 heterocycles. The number of halogens is 5. The molecule has 0 saturated heterocycles. The van der Waals surface area contributed by atoms with Gasteiger partial charge in [-0.2, -0.15) is 18.2 Å². The van der Waals surface area contributed by atoms with Crippen LogP contribution < -0.4 is 21.0 Å². The van der Waals surface area contributed by atoms with Crippen LogP contribution in [-0.2, 0) is 6.18 Å². The maximum Gasteiger partial charge on any atom is 0.416 e. The number of hydrogen-bond donors (Lipinski definition) is 2. The quantitative estimate of drug-likeness (QED) is 0.296. The normalized spacial score (nSPS) is 11.6. The van der Waals surface area contributed by atoms with Crippen LogP contribution in [0.3, 0.4) is 0 Å². The molecule has 210 valence electrons. The minimum atomic E-state index is -4.76. The molecular formula is C26H23ClF4N6O3. The Hall–Kier alpha value is -4.23. The fourth-order valence-electron chi connectivity index (χ4n) is 3.79. The van der Waals surface area contributed by atoms with Gasteiger partial charge in [0.25, 0.3) is 11.5 Å². The lowest BCUT2D eigenvalue weighted by Crippen LogP contribution is -2.28. The number of nitrogens with one attached hydrogen (secondary N) is 2. The number of alkyl halides is 3. The fourth-order valence-corrected chi connectivity index (χ4v) is 4.01. The lowest BCUT2D eigenvalue weighted by molar-refractivity contribution is -0.137. The highest BCUT2D eigenvalue weighted by atomic mass is 35.5. The number of amides is 1. The van der Waals surface area contributed by atoms with Crippen LogP contribution in [0, 0.1) is 5.82 Å². The number of aromatic nitrogens is 3. The smallest absolute Gasteiger partial charge is 0.412 e. The van der Waals surface area contributed by atoms with Crippen LogP contribution in [0.15, 0.2) is 53.5 Å². The van der Waals surface area contributed by atoms with E-state index in [-0.39, 0.29) is 33.4 Å². The van der Waals surface area contributed by atoms with Crippen molar-refractivity contribution in [1.82, 2.24) is 19.6 Å². The lowest BCUT2D eigenvalue weighted by atomic mass is 10.0. The molecular weight excluding hydrogens is 556 g/mol. The number of fused-ring (bicyclic) bond motifs is 1. The highest BCUT2D eigenvalue weighted by Gasteiger charge is 2.32. The summed E-state index contributed by atoms with van der Waals surface area (Å²) in [5, 5.41) is 5.98. The van der Waals surface area contributed by atoms with Gasteiger partial charge in [-0.3, -0.25) is 9.59 Å². The van der Waals surface area contributed by atoms with E-state index in [1.165, 1.54) is 37.6 Å². The first-order valence-corrected chi connectivity index (χ1v) is 12.1. The fraction of sp³-hybridized carbons (Fsp3) is 0.231. The summed E-state index contributed by atoms with van der Waals surface area (Å²) in [4.78, 5) is 41.9. The van der Waals surface area contributed by atoms with E-state index in [0.717, 1.165) is 11.3 Å². The van der Waals surface area contributed by atoms with E-state index in [2.05, 4.69) is 20.6 Å². The first-order chi connectivity index (χ1) is 18.9. The summed E-state index contributed by atoms with van der Waals surface area (Å²) >= 11 is 6.38. The maximum atomic E-state index is 14.2. The Kier molecular flexibility index (Phi) is 8.26. The molecule has 1 amide bonds. The summed E-state index contributed by atoms with van der Waals surface area (Å²) in [6.07, 6.45) is -3.27. The van der Waals surface area contributed by atoms with Gasteiger partial charge >= 0.3 is 6.18 Å². The number of pyridine rings is 1. The van der Waals surface area contributed by atoms with Crippen LogP contribution in [-0.4, -0.2) is 59.8 Å². The van der Waals surface area contributed by atoms with Crippen LogP contribution in [0.5, 0.6) is 0 Å². The van der Waals surface area contributed by atoms with Gasteiger partial charge in [-0.25, -0.2) is 9.37 Å². The van der Waals surface area contributed by atoms with Gasteiger partial charge in [0.2, 0.25) is 5.95 Å². The summed E-state index contributed by atoms with van der Waals surface area (Å²) in [5.41, 5.74) is -2.10. The van der Waals surface area contributed by atoms with Crippen LogP contribution in [0.1, 0.15) is 15.9 Å². The Bertz CT molecular complexity index is 1640. The number of anilines is 2. The van der Waals surface area contributed by atoms with E-state index >= 15 is 0 Å². The van der Waals surface area contributed by atoms with Gasteiger partial charge < -0.3 is 20.4 Å². The van der Waals surface area contributed by atoms with Crippen molar-refractivity contribution in [3.8, 4) is 11.1 Å². The predicted octanol–water partition coefficient (Wildman–Crippen LogP) is 4.55. The summed E-state index contributed by atoms with van der Waals surface area (Å²) in [7, 11) is 5.12. The number of benzene rings is 2. The molecule has 2 aromatic carbocycles. The highest BCUT2D eigenvalue weighted by molar-refractivity contribution is 6.33. The number of nitrogens with zero attached hydrogens (tertiary/aromatic N) is 4. The number of carbonyl (C=O) groups excluding carboxylic acids is 1. The van der Waals surface area contributed by atoms with E-state index in [1.54, 1.807) is 0 Å². The van der Waals surface area contributed by atoms with Crippen molar-refractivity contribution in [2.45, 2.75) is 6.18 Å². The molecule has 2 N–H and O–H groups in total. The molecule has 0 aliphatic carbocycles. The standard InChI is InChI=1S/C26H23ClF4N6O3/c1-36(2)9-8-32-25-33-13-14-10-18(24(39)37(40-3)22(14)35-25)17-12-16(5-6-20(17)27)34-23(38)19-11-15(26(29,30)31)4-7-21(19)28/h4-7,10-13H,8-9H2,1-3H3,(H,34,38)(H,32,33,35). The van der Waals surface area contributed by atoms with Crippen LogP contribution in [0.4, 0.5) is 29.2 Å². The molecule has 40 heavy (non-hydrogen) atoms. The topological polar surface area (TPSA) is 101 Å². The molecule has 4 aromatic rings. The minimum absolute atomic E-state index is 0.0568. The first-order valence-electron chi connectivity index (χ1n) is 11.7. The largest absolute Gasteiger partial charge is 0.416 e. The Labute approximate surface area is 230 Å². The average molecular weight is 579 g/mol. The van der Waals surface area contributed by atoms with E-state index < -0.39 is 34.6 Å². The zero-order valence-corrected chi connectivity index (χ0v) is 22.2. The van der Waals surface area contributed by atoms with Crippen molar-refractivity contribution in [2.24, 2.45) is 0 Å². The molecule has 0 radical (unpaired) electrons. The zero-order chi connectivity index (χ0) is 29.2. The molecule has 0 spiro atoms. The van der Waals surface area contributed by atoms with Crippen LogP contribution in [0.25, 0.3) is 22.2 Å². The van der Waals surface area contributed by atoms with Crippen molar-refractivity contribution in [3.05, 3.63) is 81.0 Å². The van der Waals surface area contributed by atoms with E-state index in [0.29, 0.717) is 30.1 Å². The van der Waals surface area contributed by atoms with Crippen molar-refractivity contribution in [3.63, 3.8) is 0 Å². The lowest BCUT2D eigenvalue weighted by Gasteiger charge is -2.14. The Morgan fingerprint density at radius 2 is 1.88 bits per heavy atom. The molecule has 0 fully saturated rings. The summed E-state index contributed by atoms with van der Waals surface area (Å²) < 4.78 is 54.4. The number of likely N-dealkylation sites (N-methyl/N-ethyl adjacent to an activating group) is 1. The van der Waals surface area contributed by atoms with E-state index in [9.17, 15) is 27.2 Å². The second-order valence-electron chi connectivity index (χ2n) is 8.88. The van der Waals surface area contributed by atoms with Crippen molar-refractivity contribution < 1.29 is 27.2 Å². The Balaban J connectivity index is 1.70. The average Bonchev–Trinajstić information content (AvgIpc) is 2.89. The highest BCUT2D eigenvalue weighted by Crippen LogP contribution is 2.32. The van der Waals surface area contributed by atoms with Crippen LogP contribution >= 0.6 is 11.6 Å². The van der Waals surface area contributed by atoms with Gasteiger partial charge in [-0.1, -0.05) is 11.6 Å². The van der Waals surface area contributed by atoms with Crippen molar-refractivity contribution in [2.75, 3.05) is 44.9 Å². The zero-order valence-electron chi connectivity index (χ0n) is 21.4. The number of rotatable bonds is 8. The second-order valence-corrected chi connectivity index (χ2v) is 9.29. The molecule has 9 nitrogen and oxygen atoms in total. The SMILES string of the molecule is COn1c(=O)c(-c2cc(NC(=O)c3cc(C(F)(F)F)ccc3F)ccc2Cl)cc2cnc(NCCN(C)C)nc21. The number of hydrogen-bond acceptors (Lipinski definition) is 7. The maximum absolute atomic E-state index is 14.2. The van der Waals surface area contributed by atoms with Gasteiger partial charge in [0.05, 0.1) is 16.7 Å². The van der Waals surface area contributed by atoms with Crippen LogP contribution in [0.2, 0.25) is 5.02 Å². The molecule has 14 heteroatoms. The van der Waals surface area contributed by atoms with Gasteiger partial charge in [-0.05, 0) is 56.6 Å². The Morgan fingerprint density at radius 1 is 1.12 bits per heavy atom. The second kappa shape index (κ2) is 11.5. The minimum Gasteiger partial charge on any atom is -0.412 e. The van der Waals surface area contributed by atoms with E-state index in [1.807, 2.05) is 19.0 Å². The summed E-state index contributed by atoms with van der Waals surface area (Å²) in [6.45, 7) is 1.29. The third kappa shape index (κ3) is 6.15. The first kappa shape index (κ1) is 28.8. The number of carbonyl (C=O) groups is 1. The molecule has 0 atom stereocenters. The molecule has 4 rings (SSSR count). The Morgan fingerprint density at radius 3 is 2.55 bits per heavy atom. The monoisotopic (exact) mass is 578 g/mol. The third-order valence-corrected chi connectivity index (χ3v) is 6.11. The van der Waals surface area contributed by atoms with Gasteiger partial charge in [0.1, 0.15) is 12.9 Å².